The van der Waals surface area contributed by atoms with Gasteiger partial charge in [0.25, 0.3) is 11.5 Å². The van der Waals surface area contributed by atoms with Crippen molar-refractivity contribution in [3.05, 3.63) is 57.4 Å². The minimum Gasteiger partial charge on any atom is -0.467 e. The molecule has 0 unspecified atom stereocenters. The first kappa shape index (κ1) is 11.8. The van der Waals surface area contributed by atoms with E-state index in [9.17, 15) is 9.59 Å². The molecular weight excluding hydrogens is 244 g/mol. The Kier molecular flexibility index (Phi) is 2.95. The number of furan rings is 1. The Labute approximate surface area is 109 Å². The van der Waals surface area contributed by atoms with Gasteiger partial charge in [0.05, 0.1) is 12.8 Å². The van der Waals surface area contributed by atoms with Crippen molar-refractivity contribution in [2.75, 3.05) is 0 Å². The molecule has 0 atom stereocenters. The minimum atomic E-state index is -0.368. The number of aromatic nitrogens is 1. The lowest BCUT2D eigenvalue weighted by Crippen LogP contribution is -2.29. The maximum Gasteiger partial charge on any atom is 0.261 e. The molecule has 3 rings (SSSR count). The number of aromatic amines is 1. The van der Waals surface area contributed by atoms with Crippen molar-refractivity contribution in [2.24, 2.45) is 0 Å². The fourth-order valence-electron chi connectivity index (χ4n) is 2.36. The zero-order valence-corrected chi connectivity index (χ0v) is 10.4. The zero-order chi connectivity index (χ0) is 13.2. The summed E-state index contributed by atoms with van der Waals surface area (Å²) >= 11 is 0. The van der Waals surface area contributed by atoms with Gasteiger partial charge in [0.1, 0.15) is 11.3 Å². The largest absolute Gasteiger partial charge is 0.467 e. The molecular formula is C14H14N2O3. The summed E-state index contributed by atoms with van der Waals surface area (Å²) in [5.74, 6) is 0.290. The van der Waals surface area contributed by atoms with Gasteiger partial charge in [0.15, 0.2) is 0 Å². The van der Waals surface area contributed by atoms with E-state index in [2.05, 4.69) is 10.3 Å². The Balaban J connectivity index is 1.78. The van der Waals surface area contributed by atoms with Crippen molar-refractivity contribution in [1.29, 1.82) is 0 Å². The van der Waals surface area contributed by atoms with E-state index in [0.717, 1.165) is 30.5 Å². The molecule has 0 aromatic carbocycles. The predicted molar refractivity (Wildman–Crippen MR) is 69.0 cm³/mol. The van der Waals surface area contributed by atoms with Crippen molar-refractivity contribution in [3.8, 4) is 0 Å². The highest BCUT2D eigenvalue weighted by molar-refractivity contribution is 5.94. The maximum absolute atomic E-state index is 12.0. The topological polar surface area (TPSA) is 75.1 Å². The molecule has 0 saturated carbocycles. The summed E-state index contributed by atoms with van der Waals surface area (Å²) in [4.78, 5) is 26.6. The molecule has 2 aromatic rings. The molecule has 19 heavy (non-hydrogen) atoms. The monoisotopic (exact) mass is 258 g/mol. The van der Waals surface area contributed by atoms with Crippen LogP contribution in [0.5, 0.6) is 0 Å². The van der Waals surface area contributed by atoms with Crippen LogP contribution in [0.3, 0.4) is 0 Å². The lowest BCUT2D eigenvalue weighted by Gasteiger charge is -2.05. The molecule has 1 aliphatic carbocycles. The van der Waals surface area contributed by atoms with Gasteiger partial charge in [-0.15, -0.1) is 0 Å². The third-order valence-electron chi connectivity index (χ3n) is 3.34. The molecule has 0 saturated heterocycles. The smallest absolute Gasteiger partial charge is 0.261 e. The van der Waals surface area contributed by atoms with Crippen LogP contribution in [0.2, 0.25) is 0 Å². The summed E-state index contributed by atoms with van der Waals surface area (Å²) in [5, 5.41) is 2.68. The molecule has 0 spiro atoms. The number of nitrogens with one attached hydrogen (secondary N) is 2. The van der Waals surface area contributed by atoms with Gasteiger partial charge in [-0.3, -0.25) is 9.59 Å². The zero-order valence-electron chi connectivity index (χ0n) is 10.4. The van der Waals surface area contributed by atoms with Gasteiger partial charge in [-0.2, -0.15) is 0 Å². The SMILES string of the molecule is O=C(NCc1ccco1)c1cc2c([nH]c1=O)CCC2. The number of carbonyl (C=O) groups is 1. The van der Waals surface area contributed by atoms with Crippen LogP contribution < -0.4 is 10.9 Å². The highest BCUT2D eigenvalue weighted by Gasteiger charge is 2.17. The lowest BCUT2D eigenvalue weighted by atomic mass is 10.1. The van der Waals surface area contributed by atoms with Crippen LogP contribution in [0.4, 0.5) is 0 Å². The first-order chi connectivity index (χ1) is 9.24. The summed E-state index contributed by atoms with van der Waals surface area (Å²) in [6.07, 6.45) is 4.38. The van der Waals surface area contributed by atoms with Crippen LogP contribution in [-0.2, 0) is 19.4 Å². The van der Waals surface area contributed by atoms with E-state index in [1.165, 1.54) is 0 Å². The third-order valence-corrected chi connectivity index (χ3v) is 3.34. The number of rotatable bonds is 3. The molecule has 2 heterocycles. The van der Waals surface area contributed by atoms with E-state index in [1.54, 1.807) is 24.5 Å². The second kappa shape index (κ2) is 4.76. The van der Waals surface area contributed by atoms with Gasteiger partial charge in [0.2, 0.25) is 0 Å². The molecule has 1 aliphatic rings. The Hall–Kier alpha value is -2.30. The average molecular weight is 258 g/mol. The van der Waals surface area contributed by atoms with Crippen LogP contribution in [0, 0.1) is 0 Å². The molecule has 0 fully saturated rings. The van der Waals surface area contributed by atoms with Crippen LogP contribution in [0.25, 0.3) is 0 Å². The molecule has 2 aromatic heterocycles. The van der Waals surface area contributed by atoms with Gasteiger partial charge in [-0.25, -0.2) is 0 Å². The van der Waals surface area contributed by atoms with E-state index < -0.39 is 0 Å². The van der Waals surface area contributed by atoms with E-state index >= 15 is 0 Å². The maximum atomic E-state index is 12.0. The van der Waals surface area contributed by atoms with Gasteiger partial charge in [0, 0.05) is 5.69 Å². The number of fused-ring (bicyclic) bond motifs is 1. The molecule has 5 heteroatoms. The first-order valence-electron chi connectivity index (χ1n) is 6.29. The normalized spacial score (nSPS) is 13.3. The van der Waals surface area contributed by atoms with E-state index in [4.69, 9.17) is 4.42 Å². The number of amides is 1. The summed E-state index contributed by atoms with van der Waals surface area (Å²) < 4.78 is 5.12. The summed E-state index contributed by atoms with van der Waals surface area (Å²) in [5.41, 5.74) is 1.89. The molecule has 2 N–H and O–H groups in total. The highest BCUT2D eigenvalue weighted by atomic mass is 16.3. The summed E-state index contributed by atoms with van der Waals surface area (Å²) in [6, 6.07) is 5.23. The van der Waals surface area contributed by atoms with Crippen molar-refractivity contribution < 1.29 is 9.21 Å². The molecule has 0 radical (unpaired) electrons. The first-order valence-corrected chi connectivity index (χ1v) is 6.29. The fraction of sp³-hybridized carbons (Fsp3) is 0.286. The molecule has 98 valence electrons. The minimum absolute atomic E-state index is 0.173. The lowest BCUT2D eigenvalue weighted by molar-refractivity contribution is 0.0946. The number of H-pyrrole nitrogens is 1. The number of aryl methyl sites for hydroxylation is 2. The Morgan fingerprint density at radius 2 is 2.32 bits per heavy atom. The van der Waals surface area contributed by atoms with Gasteiger partial charge >= 0.3 is 0 Å². The molecule has 5 nitrogen and oxygen atoms in total. The Morgan fingerprint density at radius 3 is 3.11 bits per heavy atom. The van der Waals surface area contributed by atoms with Gasteiger partial charge < -0.3 is 14.7 Å². The summed E-state index contributed by atoms with van der Waals surface area (Å²) in [6.45, 7) is 0.280. The number of carbonyl (C=O) groups excluding carboxylic acids is 1. The van der Waals surface area contributed by atoms with Crippen LogP contribution >= 0.6 is 0 Å². The number of hydrogen-bond donors (Lipinski definition) is 2. The standard InChI is InChI=1S/C14H14N2O3/c17-13(15-8-10-4-2-6-19-10)11-7-9-3-1-5-12(9)16-14(11)18/h2,4,6-7H,1,3,5,8H2,(H,15,17)(H,16,18). The number of pyridine rings is 1. The van der Waals surface area contributed by atoms with Crippen LogP contribution in [0.1, 0.15) is 33.8 Å². The van der Waals surface area contributed by atoms with Crippen molar-refractivity contribution in [3.63, 3.8) is 0 Å². The Bertz CT molecular complexity index is 656. The summed E-state index contributed by atoms with van der Waals surface area (Å²) in [7, 11) is 0. The second-order valence-corrected chi connectivity index (χ2v) is 4.63. The average Bonchev–Trinajstić information content (AvgIpc) is 3.05. The molecule has 0 bridgehead atoms. The van der Waals surface area contributed by atoms with Crippen LogP contribution in [0.15, 0.2) is 33.7 Å². The van der Waals surface area contributed by atoms with Gasteiger partial charge in [-0.1, -0.05) is 0 Å². The Morgan fingerprint density at radius 1 is 1.42 bits per heavy atom. The van der Waals surface area contributed by atoms with E-state index in [0.29, 0.717) is 5.76 Å². The highest BCUT2D eigenvalue weighted by Crippen LogP contribution is 2.18. The van der Waals surface area contributed by atoms with Crippen molar-refractivity contribution in [2.45, 2.75) is 25.8 Å². The van der Waals surface area contributed by atoms with E-state index in [1.807, 2.05) is 0 Å². The predicted octanol–water partition coefficient (Wildman–Crippen LogP) is 1.39. The van der Waals surface area contributed by atoms with Crippen molar-refractivity contribution >= 4 is 5.91 Å². The quantitative estimate of drug-likeness (QED) is 0.873. The third kappa shape index (κ3) is 2.31. The fourth-order valence-corrected chi connectivity index (χ4v) is 2.36. The molecule has 1 amide bonds. The number of hydrogen-bond acceptors (Lipinski definition) is 3. The van der Waals surface area contributed by atoms with Gasteiger partial charge in [-0.05, 0) is 43.0 Å². The second-order valence-electron chi connectivity index (χ2n) is 4.63. The molecule has 0 aliphatic heterocycles. The van der Waals surface area contributed by atoms with Crippen molar-refractivity contribution in [1.82, 2.24) is 10.3 Å². The van der Waals surface area contributed by atoms with E-state index in [-0.39, 0.29) is 23.6 Å². The van der Waals surface area contributed by atoms with Crippen LogP contribution in [-0.4, -0.2) is 10.9 Å².